The van der Waals surface area contributed by atoms with Gasteiger partial charge in [0.05, 0.1) is 0 Å². The molecule has 2 aromatic rings. The molecule has 3 rings (SSSR count). The summed E-state index contributed by atoms with van der Waals surface area (Å²) < 4.78 is 5.27. The number of aromatic nitrogens is 2. The van der Waals surface area contributed by atoms with Crippen molar-refractivity contribution in [3.63, 3.8) is 0 Å². The molecule has 3 N–H and O–H groups in total. The number of benzene rings is 1. The summed E-state index contributed by atoms with van der Waals surface area (Å²) in [7, 11) is 0. The zero-order valence-corrected chi connectivity index (χ0v) is 13.8. The van der Waals surface area contributed by atoms with Crippen molar-refractivity contribution >= 4 is 5.91 Å². The van der Waals surface area contributed by atoms with Gasteiger partial charge in [-0.1, -0.05) is 48.7 Å². The fourth-order valence-electron chi connectivity index (χ4n) is 3.07. The number of nitrogens with zero attached hydrogens (tertiary/aromatic N) is 2. The molecule has 6 heteroatoms. The summed E-state index contributed by atoms with van der Waals surface area (Å²) in [4.78, 5) is 16.5. The van der Waals surface area contributed by atoms with Crippen molar-refractivity contribution in [2.75, 3.05) is 6.54 Å². The maximum atomic E-state index is 12.1. The summed E-state index contributed by atoms with van der Waals surface area (Å²) in [5.41, 5.74) is 7.55. The Morgan fingerprint density at radius 1 is 1.21 bits per heavy atom. The minimum atomic E-state index is 0.159. The zero-order valence-electron chi connectivity index (χ0n) is 13.8. The summed E-state index contributed by atoms with van der Waals surface area (Å²) in [6.45, 7) is 1.04. The molecule has 1 heterocycles. The fourth-order valence-corrected chi connectivity index (χ4v) is 3.07. The number of nitrogens with two attached hydrogens (primary N) is 1. The van der Waals surface area contributed by atoms with Crippen LogP contribution in [0.5, 0.6) is 0 Å². The van der Waals surface area contributed by atoms with Crippen molar-refractivity contribution in [2.24, 2.45) is 11.7 Å². The fraction of sp³-hybridized carbons (Fsp3) is 0.500. The van der Waals surface area contributed by atoms with Gasteiger partial charge in [-0.2, -0.15) is 4.98 Å². The predicted octanol–water partition coefficient (Wildman–Crippen LogP) is 2.43. The van der Waals surface area contributed by atoms with Crippen LogP contribution in [0.3, 0.4) is 0 Å². The topological polar surface area (TPSA) is 94.0 Å². The summed E-state index contributed by atoms with van der Waals surface area (Å²) >= 11 is 0. The second-order valence-corrected chi connectivity index (χ2v) is 6.29. The Bertz CT molecular complexity index is 660. The van der Waals surface area contributed by atoms with Crippen LogP contribution in [0.1, 0.15) is 43.6 Å². The van der Waals surface area contributed by atoms with Gasteiger partial charge in [0, 0.05) is 31.0 Å². The molecule has 0 atom stereocenters. The van der Waals surface area contributed by atoms with Gasteiger partial charge in [-0.15, -0.1) is 0 Å². The summed E-state index contributed by atoms with van der Waals surface area (Å²) in [6, 6.07) is 7.77. The lowest BCUT2D eigenvalue weighted by molar-refractivity contribution is -0.125. The van der Waals surface area contributed by atoms with Gasteiger partial charge in [0.25, 0.3) is 0 Å². The van der Waals surface area contributed by atoms with Crippen LogP contribution in [0.15, 0.2) is 28.8 Å². The van der Waals surface area contributed by atoms with Gasteiger partial charge in [-0.25, -0.2) is 0 Å². The van der Waals surface area contributed by atoms with E-state index < -0.39 is 0 Å². The monoisotopic (exact) mass is 328 g/mol. The highest BCUT2D eigenvalue weighted by atomic mass is 16.5. The molecule has 6 nitrogen and oxygen atoms in total. The molecule has 1 amide bonds. The van der Waals surface area contributed by atoms with Gasteiger partial charge in [0.1, 0.15) is 0 Å². The minimum Gasteiger partial charge on any atom is -0.355 e. The number of nitrogens with one attached hydrogen (secondary N) is 1. The van der Waals surface area contributed by atoms with Crippen LogP contribution < -0.4 is 11.1 Å². The quantitative estimate of drug-likeness (QED) is 0.849. The molecule has 1 aromatic heterocycles. The molecule has 0 unspecified atom stereocenters. The van der Waals surface area contributed by atoms with Crippen LogP contribution >= 0.6 is 0 Å². The van der Waals surface area contributed by atoms with E-state index in [4.69, 9.17) is 10.3 Å². The van der Waals surface area contributed by atoms with Gasteiger partial charge in [0.15, 0.2) is 0 Å². The SMILES string of the molecule is NCc1ccc(-c2noc(CCNC(=O)C3CCCCC3)n2)cc1. The summed E-state index contributed by atoms with van der Waals surface area (Å²) in [5.74, 6) is 1.44. The number of hydrogen-bond donors (Lipinski definition) is 2. The smallest absolute Gasteiger partial charge is 0.228 e. The van der Waals surface area contributed by atoms with Crippen molar-refractivity contribution in [1.82, 2.24) is 15.5 Å². The number of amides is 1. The number of hydrogen-bond acceptors (Lipinski definition) is 5. The second kappa shape index (κ2) is 8.06. The largest absolute Gasteiger partial charge is 0.355 e. The van der Waals surface area contributed by atoms with Crippen molar-refractivity contribution in [3.05, 3.63) is 35.7 Å². The normalized spacial score (nSPS) is 15.4. The first kappa shape index (κ1) is 16.6. The van der Waals surface area contributed by atoms with E-state index in [-0.39, 0.29) is 11.8 Å². The summed E-state index contributed by atoms with van der Waals surface area (Å²) in [6.07, 6.45) is 6.14. The van der Waals surface area contributed by atoms with Crippen LogP contribution in [0.2, 0.25) is 0 Å². The predicted molar refractivity (Wildman–Crippen MR) is 90.9 cm³/mol. The minimum absolute atomic E-state index is 0.159. The highest BCUT2D eigenvalue weighted by molar-refractivity contribution is 5.78. The van der Waals surface area contributed by atoms with Crippen molar-refractivity contribution in [3.8, 4) is 11.4 Å². The van der Waals surface area contributed by atoms with Crippen LogP contribution in [0, 0.1) is 5.92 Å². The molecule has 1 saturated carbocycles. The first-order valence-corrected chi connectivity index (χ1v) is 8.66. The first-order chi connectivity index (χ1) is 11.8. The molecule has 1 fully saturated rings. The van der Waals surface area contributed by atoms with Gasteiger partial charge < -0.3 is 15.6 Å². The third-order valence-electron chi connectivity index (χ3n) is 4.53. The van der Waals surface area contributed by atoms with E-state index in [1.165, 1.54) is 6.42 Å². The Labute approximate surface area is 141 Å². The highest BCUT2D eigenvalue weighted by Crippen LogP contribution is 2.23. The average Bonchev–Trinajstić information content (AvgIpc) is 3.11. The van der Waals surface area contributed by atoms with E-state index in [2.05, 4.69) is 15.5 Å². The van der Waals surface area contributed by atoms with E-state index in [0.29, 0.717) is 31.2 Å². The molecule has 1 aromatic carbocycles. The maximum absolute atomic E-state index is 12.1. The number of carbonyl (C=O) groups is 1. The Morgan fingerprint density at radius 3 is 2.67 bits per heavy atom. The van der Waals surface area contributed by atoms with Crippen molar-refractivity contribution in [1.29, 1.82) is 0 Å². The van der Waals surface area contributed by atoms with E-state index in [1.54, 1.807) is 0 Å². The molecule has 24 heavy (non-hydrogen) atoms. The lowest BCUT2D eigenvalue weighted by atomic mass is 9.89. The first-order valence-electron chi connectivity index (χ1n) is 8.66. The van der Waals surface area contributed by atoms with Crippen molar-refractivity contribution in [2.45, 2.75) is 45.1 Å². The van der Waals surface area contributed by atoms with E-state index in [1.807, 2.05) is 24.3 Å². The Balaban J connectivity index is 1.49. The second-order valence-electron chi connectivity index (χ2n) is 6.29. The van der Waals surface area contributed by atoms with Gasteiger partial charge in [-0.3, -0.25) is 4.79 Å². The number of carbonyl (C=O) groups excluding carboxylic acids is 1. The molecule has 0 bridgehead atoms. The highest BCUT2D eigenvalue weighted by Gasteiger charge is 2.20. The van der Waals surface area contributed by atoms with E-state index >= 15 is 0 Å². The van der Waals surface area contributed by atoms with Crippen LogP contribution in [-0.4, -0.2) is 22.6 Å². The molecular formula is C18H24N4O2. The van der Waals surface area contributed by atoms with Crippen LogP contribution in [-0.2, 0) is 17.8 Å². The Kier molecular flexibility index (Phi) is 5.59. The summed E-state index contributed by atoms with van der Waals surface area (Å²) in [5, 5.41) is 6.98. The third kappa shape index (κ3) is 4.20. The molecule has 0 aliphatic heterocycles. The Hall–Kier alpha value is -2.21. The molecule has 128 valence electrons. The zero-order chi connectivity index (χ0) is 16.8. The molecule has 0 saturated heterocycles. The van der Waals surface area contributed by atoms with Gasteiger partial charge in [0.2, 0.25) is 17.6 Å². The molecule has 1 aliphatic carbocycles. The van der Waals surface area contributed by atoms with E-state index in [9.17, 15) is 4.79 Å². The van der Waals surface area contributed by atoms with Crippen LogP contribution in [0.4, 0.5) is 0 Å². The van der Waals surface area contributed by atoms with Gasteiger partial charge in [-0.05, 0) is 18.4 Å². The Morgan fingerprint density at radius 2 is 1.96 bits per heavy atom. The molecule has 0 radical (unpaired) electrons. The van der Waals surface area contributed by atoms with Crippen molar-refractivity contribution < 1.29 is 9.32 Å². The standard InChI is InChI=1S/C18H24N4O2/c19-12-13-6-8-14(9-7-13)17-21-16(24-22-17)10-11-20-18(23)15-4-2-1-3-5-15/h6-9,15H,1-5,10-12,19H2,(H,20,23). The number of rotatable bonds is 6. The average molecular weight is 328 g/mol. The van der Waals surface area contributed by atoms with Crippen LogP contribution in [0.25, 0.3) is 11.4 Å². The maximum Gasteiger partial charge on any atom is 0.228 e. The third-order valence-corrected chi connectivity index (χ3v) is 4.53. The molecular weight excluding hydrogens is 304 g/mol. The van der Waals surface area contributed by atoms with E-state index in [0.717, 1.165) is 36.8 Å². The lowest BCUT2D eigenvalue weighted by Crippen LogP contribution is -2.33. The molecule has 1 aliphatic rings. The van der Waals surface area contributed by atoms with Gasteiger partial charge >= 0.3 is 0 Å². The molecule has 0 spiro atoms. The lowest BCUT2D eigenvalue weighted by Gasteiger charge is -2.20.